The molecule has 1 aromatic carbocycles. The third-order valence-corrected chi connectivity index (χ3v) is 5.61. The number of guanidine groups is 1. The summed E-state index contributed by atoms with van der Waals surface area (Å²) in [4.78, 5) is 12.3. The Morgan fingerprint density at radius 1 is 1.21 bits per heavy atom. The minimum atomic E-state index is 0. The maximum Gasteiger partial charge on any atom is 0.193 e. The van der Waals surface area contributed by atoms with E-state index in [1.807, 2.05) is 0 Å². The van der Waals surface area contributed by atoms with Gasteiger partial charge in [-0.15, -0.1) is 24.0 Å². The molecule has 2 heterocycles. The van der Waals surface area contributed by atoms with Crippen molar-refractivity contribution in [2.24, 2.45) is 4.99 Å². The van der Waals surface area contributed by atoms with Crippen LogP contribution in [0.25, 0.3) is 0 Å². The van der Waals surface area contributed by atoms with Gasteiger partial charge in [0.1, 0.15) is 0 Å². The van der Waals surface area contributed by atoms with E-state index < -0.39 is 0 Å². The van der Waals surface area contributed by atoms with Gasteiger partial charge < -0.3 is 19.9 Å². The molecule has 7 heteroatoms. The number of hydrogen-bond acceptors (Lipinski definition) is 4. The van der Waals surface area contributed by atoms with E-state index >= 15 is 0 Å². The van der Waals surface area contributed by atoms with Gasteiger partial charge in [-0.05, 0) is 38.9 Å². The fourth-order valence-corrected chi connectivity index (χ4v) is 4.10. The molecular formula is C22H38IN5O. The molecule has 3 rings (SSSR count). The Morgan fingerprint density at radius 3 is 2.69 bits per heavy atom. The Kier molecular flexibility index (Phi) is 11.3. The van der Waals surface area contributed by atoms with Crippen molar-refractivity contribution in [2.45, 2.75) is 32.4 Å². The molecule has 0 aromatic heterocycles. The number of ether oxygens (including phenoxy) is 1. The van der Waals surface area contributed by atoms with Crippen LogP contribution in [0.2, 0.25) is 0 Å². The maximum absolute atomic E-state index is 5.50. The number of hydrogen-bond donors (Lipinski definition) is 1. The van der Waals surface area contributed by atoms with Crippen LogP contribution in [0, 0.1) is 0 Å². The molecule has 2 aliphatic heterocycles. The van der Waals surface area contributed by atoms with Gasteiger partial charge in [0.15, 0.2) is 5.96 Å². The summed E-state index contributed by atoms with van der Waals surface area (Å²) < 4.78 is 5.50. The zero-order valence-corrected chi connectivity index (χ0v) is 20.4. The number of benzene rings is 1. The van der Waals surface area contributed by atoms with Gasteiger partial charge >= 0.3 is 0 Å². The van der Waals surface area contributed by atoms with Crippen LogP contribution in [0.4, 0.5) is 0 Å². The number of halogens is 1. The normalized spacial score (nSPS) is 20.7. The smallest absolute Gasteiger partial charge is 0.193 e. The zero-order chi connectivity index (χ0) is 19.6. The summed E-state index contributed by atoms with van der Waals surface area (Å²) in [6, 6.07) is 11.3. The standard InChI is InChI=1S/C22H37N5O.HI/c1-3-23-22(27-13-10-21(19-27)26-14-16-28-17-15-26)24-11-7-12-25(2)18-20-8-5-4-6-9-20;/h4-6,8-9,21H,3,7,10-19H2,1-2H3,(H,23,24);1H. The lowest BCUT2D eigenvalue weighted by molar-refractivity contribution is 0.0195. The minimum absolute atomic E-state index is 0. The SMILES string of the molecule is CCNC(=NCCCN(C)Cc1ccccc1)N1CCC(N2CCOCC2)C1.I. The van der Waals surface area contributed by atoms with E-state index in [4.69, 9.17) is 9.73 Å². The van der Waals surface area contributed by atoms with Crippen LogP contribution >= 0.6 is 24.0 Å². The molecule has 164 valence electrons. The fourth-order valence-electron chi connectivity index (χ4n) is 4.10. The summed E-state index contributed by atoms with van der Waals surface area (Å²) in [5.41, 5.74) is 1.37. The molecule has 0 aliphatic carbocycles. The number of aliphatic imine (C=N–C) groups is 1. The first-order valence-electron chi connectivity index (χ1n) is 10.8. The molecule has 2 aliphatic rings. The highest BCUT2D eigenvalue weighted by Crippen LogP contribution is 2.17. The van der Waals surface area contributed by atoms with E-state index in [-0.39, 0.29) is 24.0 Å². The summed E-state index contributed by atoms with van der Waals surface area (Å²) in [6.45, 7) is 12.1. The van der Waals surface area contributed by atoms with Crippen LogP contribution < -0.4 is 5.32 Å². The Bertz CT molecular complexity index is 594. The molecule has 1 unspecified atom stereocenters. The van der Waals surface area contributed by atoms with Crippen molar-refractivity contribution in [2.75, 3.05) is 66.1 Å². The highest BCUT2D eigenvalue weighted by atomic mass is 127. The lowest BCUT2D eigenvalue weighted by atomic mass is 10.2. The lowest BCUT2D eigenvalue weighted by Crippen LogP contribution is -2.46. The van der Waals surface area contributed by atoms with E-state index in [2.05, 4.69) is 64.3 Å². The van der Waals surface area contributed by atoms with Gasteiger partial charge in [-0.3, -0.25) is 9.89 Å². The van der Waals surface area contributed by atoms with Gasteiger partial charge in [0, 0.05) is 51.9 Å². The van der Waals surface area contributed by atoms with Gasteiger partial charge in [-0.2, -0.15) is 0 Å². The Hall–Kier alpha value is -0.900. The van der Waals surface area contributed by atoms with Crippen LogP contribution in [0.5, 0.6) is 0 Å². The monoisotopic (exact) mass is 515 g/mol. The van der Waals surface area contributed by atoms with Gasteiger partial charge in [-0.1, -0.05) is 30.3 Å². The molecule has 2 fully saturated rings. The first-order chi connectivity index (χ1) is 13.8. The summed E-state index contributed by atoms with van der Waals surface area (Å²) >= 11 is 0. The van der Waals surface area contributed by atoms with E-state index in [1.54, 1.807) is 0 Å². The average molecular weight is 515 g/mol. The van der Waals surface area contributed by atoms with Crippen molar-refractivity contribution in [3.05, 3.63) is 35.9 Å². The second-order valence-electron chi connectivity index (χ2n) is 7.85. The van der Waals surface area contributed by atoms with Crippen LogP contribution in [0.3, 0.4) is 0 Å². The van der Waals surface area contributed by atoms with Crippen molar-refractivity contribution in [3.8, 4) is 0 Å². The molecule has 6 nitrogen and oxygen atoms in total. The van der Waals surface area contributed by atoms with Gasteiger partial charge in [0.2, 0.25) is 0 Å². The van der Waals surface area contributed by atoms with Crippen molar-refractivity contribution in [1.82, 2.24) is 20.0 Å². The Labute approximate surface area is 193 Å². The number of nitrogens with zero attached hydrogens (tertiary/aromatic N) is 4. The van der Waals surface area contributed by atoms with Crippen molar-refractivity contribution in [1.29, 1.82) is 0 Å². The number of likely N-dealkylation sites (tertiary alicyclic amines) is 1. The lowest BCUT2D eigenvalue weighted by Gasteiger charge is -2.32. The summed E-state index contributed by atoms with van der Waals surface area (Å²) in [5.74, 6) is 1.09. The molecule has 0 radical (unpaired) electrons. The summed E-state index contributed by atoms with van der Waals surface area (Å²) in [6.07, 6.45) is 2.31. The van der Waals surface area contributed by atoms with Crippen molar-refractivity contribution >= 4 is 29.9 Å². The molecule has 29 heavy (non-hydrogen) atoms. The average Bonchev–Trinajstić information content (AvgIpc) is 3.22. The number of rotatable bonds is 8. The Balaban J connectivity index is 0.00000300. The van der Waals surface area contributed by atoms with E-state index in [1.165, 1.54) is 12.0 Å². The molecule has 0 saturated carbocycles. The van der Waals surface area contributed by atoms with Gasteiger partial charge in [-0.25, -0.2) is 0 Å². The van der Waals surface area contributed by atoms with Gasteiger partial charge in [0.05, 0.1) is 13.2 Å². The molecule has 1 atom stereocenters. The third kappa shape index (κ3) is 8.03. The zero-order valence-electron chi connectivity index (χ0n) is 18.1. The Morgan fingerprint density at radius 2 is 1.97 bits per heavy atom. The topological polar surface area (TPSA) is 43.3 Å². The van der Waals surface area contributed by atoms with Crippen LogP contribution in [0.1, 0.15) is 25.3 Å². The van der Waals surface area contributed by atoms with E-state index in [0.717, 1.165) is 78.0 Å². The second kappa shape index (κ2) is 13.4. The largest absolute Gasteiger partial charge is 0.379 e. The summed E-state index contributed by atoms with van der Waals surface area (Å²) in [7, 11) is 2.19. The second-order valence-corrected chi connectivity index (χ2v) is 7.85. The van der Waals surface area contributed by atoms with Crippen LogP contribution in [-0.4, -0.2) is 92.8 Å². The third-order valence-electron chi connectivity index (χ3n) is 5.61. The number of nitrogens with one attached hydrogen (secondary N) is 1. The highest BCUT2D eigenvalue weighted by molar-refractivity contribution is 14.0. The molecule has 2 saturated heterocycles. The number of morpholine rings is 1. The fraction of sp³-hybridized carbons (Fsp3) is 0.682. The molecule has 0 spiro atoms. The molecule has 1 aromatic rings. The predicted molar refractivity (Wildman–Crippen MR) is 131 cm³/mol. The van der Waals surface area contributed by atoms with Gasteiger partial charge in [0.25, 0.3) is 0 Å². The summed E-state index contributed by atoms with van der Waals surface area (Å²) in [5, 5.41) is 3.50. The maximum atomic E-state index is 5.50. The van der Waals surface area contributed by atoms with Crippen LogP contribution in [-0.2, 0) is 11.3 Å². The van der Waals surface area contributed by atoms with Crippen molar-refractivity contribution in [3.63, 3.8) is 0 Å². The molecular weight excluding hydrogens is 477 g/mol. The first kappa shape index (κ1) is 24.4. The van der Waals surface area contributed by atoms with Crippen LogP contribution in [0.15, 0.2) is 35.3 Å². The molecule has 0 bridgehead atoms. The first-order valence-corrected chi connectivity index (χ1v) is 10.8. The van der Waals surface area contributed by atoms with Crippen molar-refractivity contribution < 1.29 is 4.74 Å². The predicted octanol–water partition coefficient (Wildman–Crippen LogP) is 2.50. The van der Waals surface area contributed by atoms with E-state index in [0.29, 0.717) is 6.04 Å². The quantitative estimate of drug-likeness (QED) is 0.250. The highest BCUT2D eigenvalue weighted by Gasteiger charge is 2.30. The molecule has 0 amide bonds. The minimum Gasteiger partial charge on any atom is -0.379 e. The molecule has 1 N–H and O–H groups in total. The van der Waals surface area contributed by atoms with E-state index in [9.17, 15) is 0 Å².